The van der Waals surface area contributed by atoms with E-state index in [1.807, 2.05) is 0 Å². The Labute approximate surface area is 123 Å². The van der Waals surface area contributed by atoms with E-state index in [-0.39, 0.29) is 16.7 Å². The van der Waals surface area contributed by atoms with Crippen molar-refractivity contribution in [3.05, 3.63) is 63.5 Å². The van der Waals surface area contributed by atoms with Gasteiger partial charge in [0.15, 0.2) is 0 Å². The van der Waals surface area contributed by atoms with Gasteiger partial charge in [-0.15, -0.1) is 0 Å². The van der Waals surface area contributed by atoms with Crippen LogP contribution in [-0.4, -0.2) is 16.7 Å². The van der Waals surface area contributed by atoms with Gasteiger partial charge in [-0.3, -0.25) is 19.7 Å². The number of nitrogens with two attached hydrogens (primary N) is 2. The van der Waals surface area contributed by atoms with Crippen LogP contribution in [-0.2, 0) is 0 Å². The monoisotopic (exact) mass is 303 g/mol. The van der Waals surface area contributed by atoms with Crippen molar-refractivity contribution in [3.63, 3.8) is 0 Å². The van der Waals surface area contributed by atoms with Gasteiger partial charge in [0.1, 0.15) is 5.82 Å². The Balaban J connectivity index is 2.97. The van der Waals surface area contributed by atoms with Crippen molar-refractivity contribution in [2.45, 2.75) is 0 Å². The van der Waals surface area contributed by atoms with Crippen molar-refractivity contribution in [3.8, 4) is 11.1 Å². The van der Waals surface area contributed by atoms with Gasteiger partial charge in [-0.05, 0) is 18.2 Å². The Kier molecular flexibility index (Phi) is 3.85. The average molecular weight is 303 g/mol. The summed E-state index contributed by atoms with van der Waals surface area (Å²) < 4.78 is 14.2. The molecule has 0 aliphatic carbocycles. The maximum absolute atomic E-state index is 14.2. The summed E-state index contributed by atoms with van der Waals surface area (Å²) in [4.78, 5) is 33.4. The van der Waals surface area contributed by atoms with E-state index in [4.69, 9.17) is 11.5 Å². The number of halogens is 1. The van der Waals surface area contributed by atoms with Gasteiger partial charge in [-0.25, -0.2) is 4.39 Å². The molecule has 0 aliphatic heterocycles. The highest BCUT2D eigenvalue weighted by Gasteiger charge is 2.27. The van der Waals surface area contributed by atoms with Crippen LogP contribution in [0.1, 0.15) is 20.7 Å². The minimum Gasteiger partial charge on any atom is -0.366 e. The van der Waals surface area contributed by atoms with Gasteiger partial charge in [0, 0.05) is 22.8 Å². The summed E-state index contributed by atoms with van der Waals surface area (Å²) in [6, 6.07) is 6.98. The molecule has 2 rings (SSSR count). The van der Waals surface area contributed by atoms with Gasteiger partial charge in [-0.2, -0.15) is 0 Å². The lowest BCUT2D eigenvalue weighted by Crippen LogP contribution is -2.18. The number of benzene rings is 2. The fourth-order valence-electron chi connectivity index (χ4n) is 2.14. The van der Waals surface area contributed by atoms with E-state index in [0.717, 1.165) is 18.2 Å². The molecule has 0 aromatic heterocycles. The second-order valence-electron chi connectivity index (χ2n) is 4.35. The number of nitrogens with zero attached hydrogens (tertiary/aromatic N) is 1. The molecule has 0 radical (unpaired) electrons. The SMILES string of the molecule is NC(=O)c1cccc(C(N)=O)c1-c1c(F)cccc1[N+](=O)[O-]. The number of primary amides is 2. The van der Waals surface area contributed by atoms with E-state index in [1.165, 1.54) is 18.2 Å². The molecule has 0 saturated carbocycles. The van der Waals surface area contributed by atoms with Crippen LogP contribution in [0, 0.1) is 15.9 Å². The molecule has 0 unspecified atom stereocenters. The van der Waals surface area contributed by atoms with Crippen LogP contribution in [0.15, 0.2) is 36.4 Å². The lowest BCUT2D eigenvalue weighted by Gasteiger charge is -2.12. The largest absolute Gasteiger partial charge is 0.366 e. The Hall–Kier alpha value is -3.29. The van der Waals surface area contributed by atoms with Crippen LogP contribution in [0.4, 0.5) is 10.1 Å². The number of hydrogen-bond donors (Lipinski definition) is 2. The summed E-state index contributed by atoms with van der Waals surface area (Å²) in [5.41, 5.74) is 8.57. The molecule has 22 heavy (non-hydrogen) atoms. The molecule has 2 aromatic rings. The quantitative estimate of drug-likeness (QED) is 0.656. The zero-order valence-electron chi connectivity index (χ0n) is 11.1. The van der Waals surface area contributed by atoms with Crippen molar-refractivity contribution < 1.29 is 18.9 Å². The third kappa shape index (κ3) is 2.49. The Morgan fingerprint density at radius 3 is 1.91 bits per heavy atom. The third-order valence-corrected chi connectivity index (χ3v) is 3.03. The van der Waals surface area contributed by atoms with Crippen molar-refractivity contribution in [1.82, 2.24) is 0 Å². The molecule has 2 aromatic carbocycles. The zero-order valence-corrected chi connectivity index (χ0v) is 11.1. The number of hydrogen-bond acceptors (Lipinski definition) is 4. The van der Waals surface area contributed by atoms with E-state index in [2.05, 4.69) is 0 Å². The first-order valence-electron chi connectivity index (χ1n) is 6.00. The molecule has 0 aliphatic rings. The van der Waals surface area contributed by atoms with Crippen LogP contribution in [0.5, 0.6) is 0 Å². The minimum atomic E-state index is -0.967. The van der Waals surface area contributed by atoms with Crippen LogP contribution in [0.25, 0.3) is 11.1 Å². The van der Waals surface area contributed by atoms with Gasteiger partial charge in [0.25, 0.3) is 5.69 Å². The van der Waals surface area contributed by atoms with Gasteiger partial charge in [0.05, 0.1) is 10.5 Å². The van der Waals surface area contributed by atoms with Crippen LogP contribution in [0.3, 0.4) is 0 Å². The number of nitro groups is 1. The van der Waals surface area contributed by atoms with Crippen molar-refractivity contribution in [2.75, 3.05) is 0 Å². The average Bonchev–Trinajstić information content (AvgIpc) is 2.45. The Morgan fingerprint density at radius 2 is 1.45 bits per heavy atom. The van der Waals surface area contributed by atoms with Crippen molar-refractivity contribution in [2.24, 2.45) is 11.5 Å². The molecule has 0 heterocycles. The number of nitro benzene ring substituents is 1. The molecular weight excluding hydrogens is 293 g/mol. The van der Waals surface area contributed by atoms with Crippen LogP contribution >= 0.6 is 0 Å². The minimum absolute atomic E-state index is 0.232. The Morgan fingerprint density at radius 1 is 0.955 bits per heavy atom. The fourth-order valence-corrected chi connectivity index (χ4v) is 2.14. The number of amides is 2. The number of rotatable bonds is 4. The molecule has 0 fully saturated rings. The third-order valence-electron chi connectivity index (χ3n) is 3.03. The van der Waals surface area contributed by atoms with Crippen LogP contribution in [0.2, 0.25) is 0 Å². The molecule has 0 bridgehead atoms. The molecule has 4 N–H and O–H groups in total. The van der Waals surface area contributed by atoms with Gasteiger partial charge in [0.2, 0.25) is 11.8 Å². The molecule has 0 atom stereocenters. The molecule has 0 spiro atoms. The first-order valence-corrected chi connectivity index (χ1v) is 6.00. The summed E-state index contributed by atoms with van der Waals surface area (Å²) in [7, 11) is 0. The number of carbonyl (C=O) groups is 2. The second-order valence-corrected chi connectivity index (χ2v) is 4.35. The fraction of sp³-hybridized carbons (Fsp3) is 0. The van der Waals surface area contributed by atoms with Gasteiger partial charge in [-0.1, -0.05) is 12.1 Å². The lowest BCUT2D eigenvalue weighted by molar-refractivity contribution is -0.384. The number of carbonyl (C=O) groups excluding carboxylic acids is 2. The molecule has 0 saturated heterocycles. The van der Waals surface area contributed by atoms with Crippen molar-refractivity contribution in [1.29, 1.82) is 0 Å². The Bertz CT molecular complexity index is 772. The van der Waals surface area contributed by atoms with E-state index < -0.39 is 33.8 Å². The summed E-state index contributed by atoms with van der Waals surface area (Å²) in [6.07, 6.45) is 0. The highest BCUT2D eigenvalue weighted by Crippen LogP contribution is 2.36. The topological polar surface area (TPSA) is 129 Å². The summed E-state index contributed by atoms with van der Waals surface area (Å²) >= 11 is 0. The second kappa shape index (κ2) is 5.60. The summed E-state index contributed by atoms with van der Waals surface area (Å²) in [5.74, 6) is -2.89. The van der Waals surface area contributed by atoms with E-state index in [9.17, 15) is 24.1 Å². The standard InChI is InChI=1S/C14H10FN3O4/c15-9-5-2-6-10(18(21)22)12(9)11-7(13(16)19)3-1-4-8(11)14(17)20/h1-6H,(H2,16,19)(H2,17,20). The molecule has 7 nitrogen and oxygen atoms in total. The van der Waals surface area contributed by atoms with Crippen LogP contribution < -0.4 is 11.5 Å². The van der Waals surface area contributed by atoms with Gasteiger partial charge < -0.3 is 11.5 Å². The van der Waals surface area contributed by atoms with E-state index in [1.54, 1.807) is 0 Å². The molecule has 112 valence electrons. The first kappa shape index (κ1) is 15.1. The molecular formula is C14H10FN3O4. The maximum Gasteiger partial charge on any atom is 0.280 e. The predicted octanol–water partition coefficient (Wildman–Crippen LogP) is 1.60. The smallest absolute Gasteiger partial charge is 0.280 e. The summed E-state index contributed by atoms with van der Waals surface area (Å²) in [6.45, 7) is 0. The predicted molar refractivity (Wildman–Crippen MR) is 75.5 cm³/mol. The highest BCUT2D eigenvalue weighted by molar-refractivity contribution is 6.09. The first-order chi connectivity index (χ1) is 10.3. The molecule has 8 heteroatoms. The normalized spacial score (nSPS) is 10.2. The lowest BCUT2D eigenvalue weighted by atomic mass is 9.92. The maximum atomic E-state index is 14.2. The van der Waals surface area contributed by atoms with Crippen molar-refractivity contribution >= 4 is 17.5 Å². The highest BCUT2D eigenvalue weighted by atomic mass is 19.1. The zero-order chi connectivity index (χ0) is 16.4. The summed E-state index contributed by atoms with van der Waals surface area (Å²) in [5, 5.41) is 11.1. The van der Waals surface area contributed by atoms with E-state index >= 15 is 0 Å². The van der Waals surface area contributed by atoms with E-state index in [0.29, 0.717) is 0 Å². The van der Waals surface area contributed by atoms with Gasteiger partial charge >= 0.3 is 0 Å². The molecule has 2 amide bonds.